The summed E-state index contributed by atoms with van der Waals surface area (Å²) in [4.78, 5) is 20.3. The molecule has 2 aliphatic rings. The van der Waals surface area contributed by atoms with E-state index in [0.29, 0.717) is 24.9 Å². The number of amides is 1. The van der Waals surface area contributed by atoms with Crippen molar-refractivity contribution in [1.82, 2.24) is 26.5 Å². The molecule has 0 radical (unpaired) electrons. The number of hydrazine groups is 1. The minimum Gasteiger partial charge on any atom is -0.481 e. The molecule has 20 heavy (non-hydrogen) atoms. The maximum Gasteiger partial charge on any atom is 0.234 e. The molecule has 2 atom stereocenters. The molecule has 106 valence electrons. The molecule has 2 fully saturated rings. The van der Waals surface area contributed by atoms with Gasteiger partial charge in [-0.1, -0.05) is 0 Å². The molecule has 0 aliphatic carbocycles. The number of hydrogen-bond donors (Lipinski definition) is 4. The molecule has 2 saturated heterocycles. The maximum atomic E-state index is 11.9. The van der Waals surface area contributed by atoms with Gasteiger partial charge >= 0.3 is 0 Å². The molecular weight excluding hydrogens is 260 g/mol. The molecule has 4 N–H and O–H groups in total. The standard InChI is InChI=1S/C12H16N6O2/c1-20-9-4-7(2-3-13-9)5-14-12-16-10-8(6-15-18-10)11(19)17-12/h2-4,8,10,15,18H,5-6H2,1H3,(H2,14,16,17,19). The van der Waals surface area contributed by atoms with Crippen LogP contribution in [0, 0.1) is 5.92 Å². The summed E-state index contributed by atoms with van der Waals surface area (Å²) < 4.78 is 5.06. The van der Waals surface area contributed by atoms with Gasteiger partial charge in [0.2, 0.25) is 11.8 Å². The number of aromatic nitrogens is 1. The van der Waals surface area contributed by atoms with Crippen molar-refractivity contribution >= 4 is 11.9 Å². The number of fused-ring (bicyclic) bond motifs is 1. The highest BCUT2D eigenvalue weighted by atomic mass is 16.5. The summed E-state index contributed by atoms with van der Waals surface area (Å²) in [6.45, 7) is 1.05. The van der Waals surface area contributed by atoms with Crippen LogP contribution >= 0.6 is 0 Å². The fraction of sp³-hybridized carbons (Fsp3) is 0.417. The zero-order valence-corrected chi connectivity index (χ0v) is 11.0. The maximum absolute atomic E-state index is 11.9. The van der Waals surface area contributed by atoms with E-state index < -0.39 is 0 Å². The van der Waals surface area contributed by atoms with Crippen molar-refractivity contribution in [2.24, 2.45) is 10.9 Å². The molecule has 0 saturated carbocycles. The van der Waals surface area contributed by atoms with E-state index in [0.717, 1.165) is 5.56 Å². The molecule has 0 spiro atoms. The van der Waals surface area contributed by atoms with Crippen LogP contribution in [-0.4, -0.2) is 36.7 Å². The van der Waals surface area contributed by atoms with Crippen LogP contribution in [0.25, 0.3) is 0 Å². The number of carbonyl (C=O) groups is 1. The van der Waals surface area contributed by atoms with E-state index in [4.69, 9.17) is 4.74 Å². The Labute approximate surface area is 116 Å². The van der Waals surface area contributed by atoms with Gasteiger partial charge in [-0.05, 0) is 11.6 Å². The van der Waals surface area contributed by atoms with Gasteiger partial charge in [0, 0.05) is 18.8 Å². The number of methoxy groups -OCH3 is 1. The Bertz CT molecular complexity index is 547. The second-order valence-corrected chi connectivity index (χ2v) is 4.61. The van der Waals surface area contributed by atoms with Gasteiger partial charge in [0.25, 0.3) is 0 Å². The van der Waals surface area contributed by atoms with Gasteiger partial charge < -0.3 is 10.1 Å². The zero-order valence-electron chi connectivity index (χ0n) is 11.0. The first-order chi connectivity index (χ1) is 9.76. The SMILES string of the molecule is COc1cc(CN=C2NC(=O)C3CNNC3N2)ccn1. The summed E-state index contributed by atoms with van der Waals surface area (Å²) in [5, 5.41) is 5.90. The molecule has 1 aromatic heterocycles. The second-order valence-electron chi connectivity index (χ2n) is 4.61. The Kier molecular flexibility index (Phi) is 3.48. The van der Waals surface area contributed by atoms with Crippen LogP contribution in [-0.2, 0) is 11.3 Å². The van der Waals surface area contributed by atoms with E-state index in [2.05, 4.69) is 31.5 Å². The molecule has 1 aromatic rings. The summed E-state index contributed by atoms with van der Waals surface area (Å²) in [5.41, 5.74) is 6.91. The lowest BCUT2D eigenvalue weighted by Gasteiger charge is -2.27. The minimum atomic E-state index is -0.116. The molecule has 8 heteroatoms. The zero-order chi connectivity index (χ0) is 13.9. The third kappa shape index (κ3) is 2.56. The average molecular weight is 276 g/mol. The van der Waals surface area contributed by atoms with Crippen LogP contribution in [0.3, 0.4) is 0 Å². The van der Waals surface area contributed by atoms with E-state index in [1.165, 1.54) is 0 Å². The monoisotopic (exact) mass is 276 g/mol. The van der Waals surface area contributed by atoms with Gasteiger partial charge in [-0.25, -0.2) is 15.4 Å². The predicted molar refractivity (Wildman–Crippen MR) is 71.6 cm³/mol. The summed E-state index contributed by atoms with van der Waals surface area (Å²) in [7, 11) is 1.57. The number of carbonyl (C=O) groups excluding carboxylic acids is 1. The van der Waals surface area contributed by atoms with Crippen LogP contribution in [0.1, 0.15) is 5.56 Å². The third-order valence-corrected chi connectivity index (χ3v) is 3.28. The van der Waals surface area contributed by atoms with Gasteiger partial charge in [0.05, 0.1) is 19.6 Å². The number of hydrogen-bond acceptors (Lipinski definition) is 6. The molecule has 0 bridgehead atoms. The van der Waals surface area contributed by atoms with E-state index in [1.54, 1.807) is 13.3 Å². The van der Waals surface area contributed by atoms with E-state index >= 15 is 0 Å². The lowest BCUT2D eigenvalue weighted by molar-refractivity contribution is -0.124. The summed E-state index contributed by atoms with van der Waals surface area (Å²) >= 11 is 0. The highest BCUT2D eigenvalue weighted by Gasteiger charge is 2.37. The van der Waals surface area contributed by atoms with Crippen molar-refractivity contribution in [3.8, 4) is 5.88 Å². The van der Waals surface area contributed by atoms with Crippen molar-refractivity contribution < 1.29 is 9.53 Å². The molecule has 0 aromatic carbocycles. The van der Waals surface area contributed by atoms with Crippen LogP contribution in [0.2, 0.25) is 0 Å². The summed E-state index contributed by atoms with van der Waals surface area (Å²) in [6.07, 6.45) is 1.55. The largest absolute Gasteiger partial charge is 0.481 e. The van der Waals surface area contributed by atoms with E-state index in [1.807, 2.05) is 12.1 Å². The van der Waals surface area contributed by atoms with Crippen molar-refractivity contribution in [2.45, 2.75) is 12.7 Å². The van der Waals surface area contributed by atoms with E-state index in [9.17, 15) is 4.79 Å². The Morgan fingerprint density at radius 2 is 2.45 bits per heavy atom. The number of nitrogens with zero attached hydrogens (tertiary/aromatic N) is 2. The van der Waals surface area contributed by atoms with Gasteiger partial charge in [-0.15, -0.1) is 0 Å². The second kappa shape index (κ2) is 5.43. The fourth-order valence-corrected chi connectivity index (χ4v) is 2.19. The quantitative estimate of drug-likeness (QED) is 0.548. The highest BCUT2D eigenvalue weighted by molar-refractivity contribution is 6.01. The molecule has 1 amide bonds. The Morgan fingerprint density at radius 3 is 3.30 bits per heavy atom. The number of aliphatic imine (C=N–C) groups is 1. The average Bonchev–Trinajstić information content (AvgIpc) is 2.94. The Morgan fingerprint density at radius 1 is 1.55 bits per heavy atom. The van der Waals surface area contributed by atoms with Crippen LogP contribution in [0.5, 0.6) is 5.88 Å². The molecule has 2 unspecified atom stereocenters. The first kappa shape index (κ1) is 12.8. The highest BCUT2D eigenvalue weighted by Crippen LogP contribution is 2.11. The van der Waals surface area contributed by atoms with Crippen molar-refractivity contribution in [3.05, 3.63) is 23.9 Å². The minimum absolute atomic E-state index is 0.0303. The molecular formula is C12H16N6O2. The number of guanidine groups is 1. The molecule has 3 heterocycles. The summed E-state index contributed by atoms with van der Waals surface area (Å²) in [5.74, 6) is 0.876. The first-order valence-corrected chi connectivity index (χ1v) is 6.35. The lowest BCUT2D eigenvalue weighted by atomic mass is 10.1. The van der Waals surface area contributed by atoms with Crippen molar-refractivity contribution in [2.75, 3.05) is 13.7 Å². The number of ether oxygens (including phenoxy) is 1. The van der Waals surface area contributed by atoms with Crippen LogP contribution < -0.4 is 26.2 Å². The smallest absolute Gasteiger partial charge is 0.234 e. The van der Waals surface area contributed by atoms with Gasteiger partial charge in [-0.2, -0.15) is 0 Å². The van der Waals surface area contributed by atoms with Crippen LogP contribution in [0.4, 0.5) is 0 Å². The van der Waals surface area contributed by atoms with Crippen molar-refractivity contribution in [1.29, 1.82) is 0 Å². The molecule has 2 aliphatic heterocycles. The third-order valence-electron chi connectivity index (χ3n) is 3.28. The molecule has 3 rings (SSSR count). The predicted octanol–water partition coefficient (Wildman–Crippen LogP) is -1.28. The van der Waals surface area contributed by atoms with Crippen molar-refractivity contribution in [3.63, 3.8) is 0 Å². The topological polar surface area (TPSA) is 99.7 Å². The van der Waals surface area contributed by atoms with Crippen LogP contribution in [0.15, 0.2) is 23.3 Å². The van der Waals surface area contributed by atoms with Gasteiger partial charge in [0.15, 0.2) is 5.96 Å². The summed E-state index contributed by atoms with van der Waals surface area (Å²) in [6, 6.07) is 3.67. The van der Waals surface area contributed by atoms with Gasteiger partial charge in [0.1, 0.15) is 6.17 Å². The first-order valence-electron chi connectivity index (χ1n) is 6.35. The normalized spacial score (nSPS) is 26.9. The Hall–Kier alpha value is -2.19. The number of nitrogens with one attached hydrogen (secondary N) is 4. The van der Waals surface area contributed by atoms with Gasteiger partial charge in [-0.3, -0.25) is 15.5 Å². The number of rotatable bonds is 3. The fourth-order valence-electron chi connectivity index (χ4n) is 2.19. The Balaban J connectivity index is 1.68. The van der Waals surface area contributed by atoms with E-state index in [-0.39, 0.29) is 18.0 Å². The number of pyridine rings is 1. The molecule has 8 nitrogen and oxygen atoms in total. The lowest BCUT2D eigenvalue weighted by Crippen LogP contribution is -2.61.